The van der Waals surface area contributed by atoms with E-state index >= 15 is 0 Å². The maximum Gasteiger partial charge on any atom is 0.125 e. The molecule has 0 aliphatic carbocycles. The third-order valence-corrected chi connectivity index (χ3v) is 3.23. The van der Waals surface area contributed by atoms with Crippen molar-refractivity contribution in [3.8, 4) is 0 Å². The Bertz CT molecular complexity index is 419. The molecule has 2 N–H and O–H groups in total. The number of nitrogens with zero attached hydrogens (tertiary/aromatic N) is 1. The summed E-state index contributed by atoms with van der Waals surface area (Å²) in [6.07, 6.45) is 1.64. The van der Waals surface area contributed by atoms with Gasteiger partial charge in [0.25, 0.3) is 0 Å². The number of aromatic nitrogens is 1. The minimum atomic E-state index is -0.184. The first-order valence-electron chi connectivity index (χ1n) is 4.41. The van der Waals surface area contributed by atoms with E-state index in [0.29, 0.717) is 0 Å². The van der Waals surface area contributed by atoms with Crippen LogP contribution in [-0.2, 0) is 0 Å². The molecule has 0 bridgehead atoms. The van der Waals surface area contributed by atoms with Gasteiger partial charge in [-0.1, -0.05) is 0 Å². The van der Waals surface area contributed by atoms with Gasteiger partial charge in [0, 0.05) is 0 Å². The highest BCUT2D eigenvalue weighted by atomic mass is 32.1. The molecule has 3 nitrogen and oxygen atoms in total. The van der Waals surface area contributed by atoms with Crippen LogP contribution in [0.25, 0.3) is 0 Å². The van der Waals surface area contributed by atoms with Gasteiger partial charge in [-0.15, -0.1) is 11.3 Å². The molecule has 0 aliphatic rings. The van der Waals surface area contributed by atoms with Crippen molar-refractivity contribution in [1.29, 1.82) is 0 Å². The van der Waals surface area contributed by atoms with Crippen molar-refractivity contribution < 1.29 is 4.42 Å². The monoisotopic (exact) mass is 208 g/mol. The first-order chi connectivity index (χ1) is 6.68. The van der Waals surface area contributed by atoms with Gasteiger partial charge in [-0.25, -0.2) is 4.98 Å². The van der Waals surface area contributed by atoms with Gasteiger partial charge in [-0.3, -0.25) is 0 Å². The van der Waals surface area contributed by atoms with Gasteiger partial charge < -0.3 is 10.2 Å². The smallest absolute Gasteiger partial charge is 0.125 e. The van der Waals surface area contributed by atoms with Gasteiger partial charge in [0.05, 0.1) is 27.9 Å². The normalized spacial score (nSPS) is 13.1. The maximum atomic E-state index is 6.05. The van der Waals surface area contributed by atoms with Crippen molar-refractivity contribution in [2.24, 2.45) is 5.73 Å². The van der Waals surface area contributed by atoms with E-state index in [0.717, 1.165) is 21.3 Å². The Kier molecular flexibility index (Phi) is 2.39. The first kappa shape index (κ1) is 9.43. The van der Waals surface area contributed by atoms with E-state index in [1.165, 1.54) is 0 Å². The summed E-state index contributed by atoms with van der Waals surface area (Å²) in [6, 6.07) is 3.55. The molecule has 0 aromatic carbocycles. The molecule has 1 atom stereocenters. The molecule has 2 aromatic rings. The topological polar surface area (TPSA) is 52.0 Å². The summed E-state index contributed by atoms with van der Waals surface area (Å²) in [7, 11) is 0. The predicted molar refractivity (Wildman–Crippen MR) is 56.3 cm³/mol. The Balaban J connectivity index is 2.36. The lowest BCUT2D eigenvalue weighted by molar-refractivity contribution is 0.491. The molecule has 0 saturated carbocycles. The van der Waals surface area contributed by atoms with E-state index in [9.17, 15) is 0 Å². The van der Waals surface area contributed by atoms with Crippen molar-refractivity contribution in [3.05, 3.63) is 39.7 Å². The van der Waals surface area contributed by atoms with E-state index < -0.39 is 0 Å². The van der Waals surface area contributed by atoms with Crippen LogP contribution < -0.4 is 5.73 Å². The van der Waals surface area contributed by atoms with Crippen molar-refractivity contribution in [2.75, 3.05) is 0 Å². The molecule has 2 aromatic heterocycles. The Morgan fingerprint density at radius 2 is 2.29 bits per heavy atom. The highest BCUT2D eigenvalue weighted by Crippen LogP contribution is 2.27. The lowest BCUT2D eigenvalue weighted by Gasteiger charge is -2.05. The van der Waals surface area contributed by atoms with Crippen molar-refractivity contribution in [3.63, 3.8) is 0 Å². The standard InChI is InChI=1S/C10H12N2OS/c1-6-10(14-7(2)12-6)9(11)8-4-3-5-13-8/h3-5,9H,11H2,1-2H3. The van der Waals surface area contributed by atoms with Crippen LogP contribution in [-0.4, -0.2) is 4.98 Å². The number of aryl methyl sites for hydroxylation is 2. The van der Waals surface area contributed by atoms with Crippen molar-refractivity contribution >= 4 is 11.3 Å². The average Bonchev–Trinajstić information content (AvgIpc) is 2.73. The zero-order chi connectivity index (χ0) is 10.1. The predicted octanol–water partition coefficient (Wildman–Crippen LogP) is 2.40. The molecule has 2 heterocycles. The Labute approximate surface area is 86.6 Å². The molecule has 0 spiro atoms. The Hall–Kier alpha value is -1.13. The second-order valence-electron chi connectivity index (χ2n) is 3.18. The fourth-order valence-electron chi connectivity index (χ4n) is 1.43. The van der Waals surface area contributed by atoms with E-state index in [4.69, 9.17) is 10.2 Å². The summed E-state index contributed by atoms with van der Waals surface area (Å²) in [5.41, 5.74) is 7.05. The second kappa shape index (κ2) is 3.55. The van der Waals surface area contributed by atoms with Crippen LogP contribution in [0.15, 0.2) is 22.8 Å². The van der Waals surface area contributed by atoms with E-state index in [-0.39, 0.29) is 6.04 Å². The van der Waals surface area contributed by atoms with Crippen LogP contribution in [0.4, 0.5) is 0 Å². The van der Waals surface area contributed by atoms with Crippen LogP contribution in [0.1, 0.15) is 27.4 Å². The second-order valence-corrected chi connectivity index (χ2v) is 4.41. The average molecular weight is 208 g/mol. The van der Waals surface area contributed by atoms with Gasteiger partial charge in [0.1, 0.15) is 5.76 Å². The zero-order valence-corrected chi connectivity index (χ0v) is 8.97. The minimum Gasteiger partial charge on any atom is -0.467 e. The van der Waals surface area contributed by atoms with Crippen LogP contribution in [0.2, 0.25) is 0 Å². The van der Waals surface area contributed by atoms with Crippen molar-refractivity contribution in [1.82, 2.24) is 4.98 Å². The summed E-state index contributed by atoms with van der Waals surface area (Å²) < 4.78 is 5.27. The number of thiazole rings is 1. The zero-order valence-electron chi connectivity index (χ0n) is 8.15. The fourth-order valence-corrected chi connectivity index (χ4v) is 2.37. The summed E-state index contributed by atoms with van der Waals surface area (Å²) in [6.45, 7) is 3.96. The summed E-state index contributed by atoms with van der Waals surface area (Å²) >= 11 is 1.62. The molecule has 0 fully saturated rings. The van der Waals surface area contributed by atoms with E-state index in [1.54, 1.807) is 17.6 Å². The molecule has 14 heavy (non-hydrogen) atoms. The van der Waals surface area contributed by atoms with Crippen LogP contribution in [0.3, 0.4) is 0 Å². The van der Waals surface area contributed by atoms with Gasteiger partial charge >= 0.3 is 0 Å². The van der Waals surface area contributed by atoms with Crippen LogP contribution in [0.5, 0.6) is 0 Å². The van der Waals surface area contributed by atoms with Crippen LogP contribution in [0, 0.1) is 13.8 Å². The molecular weight excluding hydrogens is 196 g/mol. The lowest BCUT2D eigenvalue weighted by Crippen LogP contribution is -2.10. The molecule has 74 valence electrons. The van der Waals surface area contributed by atoms with Crippen molar-refractivity contribution in [2.45, 2.75) is 19.9 Å². The maximum absolute atomic E-state index is 6.05. The first-order valence-corrected chi connectivity index (χ1v) is 5.23. The number of rotatable bonds is 2. The summed E-state index contributed by atoms with van der Waals surface area (Å²) in [5.74, 6) is 0.789. The molecule has 0 aliphatic heterocycles. The molecule has 4 heteroatoms. The summed E-state index contributed by atoms with van der Waals surface area (Å²) in [4.78, 5) is 5.42. The quantitative estimate of drug-likeness (QED) is 0.824. The van der Waals surface area contributed by atoms with E-state index in [1.807, 2.05) is 26.0 Å². The van der Waals surface area contributed by atoms with E-state index in [2.05, 4.69) is 4.98 Å². The SMILES string of the molecule is Cc1nc(C)c(C(N)c2ccco2)s1. The Morgan fingerprint density at radius 1 is 1.50 bits per heavy atom. The largest absolute Gasteiger partial charge is 0.467 e. The van der Waals surface area contributed by atoms with Gasteiger partial charge in [0.2, 0.25) is 0 Å². The lowest BCUT2D eigenvalue weighted by atomic mass is 10.2. The molecule has 0 amide bonds. The fraction of sp³-hybridized carbons (Fsp3) is 0.300. The number of nitrogens with two attached hydrogens (primary N) is 1. The number of furan rings is 1. The molecular formula is C10H12N2OS. The number of hydrogen-bond acceptors (Lipinski definition) is 4. The van der Waals surface area contributed by atoms with Gasteiger partial charge in [-0.2, -0.15) is 0 Å². The number of hydrogen-bond donors (Lipinski definition) is 1. The molecule has 2 rings (SSSR count). The highest BCUT2D eigenvalue weighted by Gasteiger charge is 2.17. The summed E-state index contributed by atoms with van der Waals surface area (Å²) in [5, 5.41) is 1.04. The molecule has 1 unspecified atom stereocenters. The molecule has 0 radical (unpaired) electrons. The Morgan fingerprint density at radius 3 is 2.79 bits per heavy atom. The third kappa shape index (κ3) is 1.58. The van der Waals surface area contributed by atoms with Gasteiger partial charge in [-0.05, 0) is 26.0 Å². The van der Waals surface area contributed by atoms with Crippen LogP contribution >= 0.6 is 11.3 Å². The highest BCUT2D eigenvalue weighted by molar-refractivity contribution is 7.11. The molecule has 0 saturated heterocycles. The third-order valence-electron chi connectivity index (χ3n) is 2.07. The minimum absolute atomic E-state index is 0.184. The van der Waals surface area contributed by atoms with Gasteiger partial charge in [0.15, 0.2) is 0 Å².